The summed E-state index contributed by atoms with van der Waals surface area (Å²) in [6.45, 7) is 4.04. The number of methoxy groups -OCH3 is 1. The molecule has 3 rings (SSSR count). The Kier molecular flexibility index (Phi) is 5.74. The van der Waals surface area contributed by atoms with Crippen molar-refractivity contribution in [2.24, 2.45) is 17.6 Å². The van der Waals surface area contributed by atoms with Gasteiger partial charge in [-0.2, -0.15) is 0 Å². The first-order valence-corrected chi connectivity index (χ1v) is 9.51. The number of nitrogens with two attached hydrogens (primary N) is 1. The number of primary amides is 1. The molecule has 1 aromatic rings. The van der Waals surface area contributed by atoms with Crippen molar-refractivity contribution in [2.75, 3.05) is 13.9 Å². The minimum Gasteiger partial charge on any atom is -0.496 e. The highest BCUT2D eigenvalue weighted by Crippen LogP contribution is 2.46. The van der Waals surface area contributed by atoms with Gasteiger partial charge in [-0.25, -0.2) is 4.39 Å². The Hall–Kier alpha value is -2.41. The summed E-state index contributed by atoms with van der Waals surface area (Å²) in [4.78, 5) is 24.0. The standard InChI is InChI=1S/C21H26FNO5/c1-4-5-13-10-21(19(9-17(13)24)27-11-28-21)12(2)6-14-7-15(20(23)25)18(26-3)8-16(14)22/h7-9,12-13H,4-6,10-11H2,1-3H3,(H2,23,25)/t12?,13?,21-/m1/s1. The second kappa shape index (κ2) is 7.91. The predicted octanol–water partition coefficient (Wildman–Crippen LogP) is 3.13. The Bertz CT molecular complexity index is 821. The molecule has 1 fully saturated rings. The quantitative estimate of drug-likeness (QED) is 0.772. The van der Waals surface area contributed by atoms with Crippen molar-refractivity contribution in [3.8, 4) is 5.75 Å². The molecule has 0 spiro atoms. The van der Waals surface area contributed by atoms with E-state index < -0.39 is 17.3 Å². The van der Waals surface area contributed by atoms with E-state index in [1.54, 1.807) is 0 Å². The van der Waals surface area contributed by atoms with E-state index in [9.17, 15) is 14.0 Å². The summed E-state index contributed by atoms with van der Waals surface area (Å²) >= 11 is 0. The van der Waals surface area contributed by atoms with E-state index in [1.165, 1.54) is 25.3 Å². The van der Waals surface area contributed by atoms with E-state index in [1.807, 2.05) is 13.8 Å². The molecule has 1 heterocycles. The summed E-state index contributed by atoms with van der Waals surface area (Å²) in [6.07, 6.45) is 3.99. The number of hydrogen-bond acceptors (Lipinski definition) is 5. The van der Waals surface area contributed by atoms with Crippen LogP contribution in [0, 0.1) is 17.7 Å². The smallest absolute Gasteiger partial charge is 0.252 e. The highest BCUT2D eigenvalue weighted by molar-refractivity contribution is 5.96. The lowest BCUT2D eigenvalue weighted by Gasteiger charge is -2.38. The summed E-state index contributed by atoms with van der Waals surface area (Å²) in [5, 5.41) is 0. The van der Waals surface area contributed by atoms with Gasteiger partial charge in [-0.05, 0) is 36.8 Å². The lowest BCUT2D eigenvalue weighted by atomic mass is 9.71. The summed E-state index contributed by atoms with van der Waals surface area (Å²) in [7, 11) is 1.36. The van der Waals surface area contributed by atoms with Crippen molar-refractivity contribution < 1.29 is 28.2 Å². The number of amides is 1. The molecule has 1 aromatic carbocycles. The molecule has 1 amide bonds. The van der Waals surface area contributed by atoms with Gasteiger partial charge in [0.15, 0.2) is 12.6 Å². The third kappa shape index (κ3) is 3.51. The number of carbonyl (C=O) groups is 2. The molecular formula is C21H26FNO5. The van der Waals surface area contributed by atoms with Crippen LogP contribution in [0.1, 0.15) is 49.0 Å². The van der Waals surface area contributed by atoms with Crippen molar-refractivity contribution in [2.45, 2.75) is 45.1 Å². The van der Waals surface area contributed by atoms with Crippen LogP contribution >= 0.6 is 0 Å². The lowest BCUT2D eigenvalue weighted by molar-refractivity contribution is -0.123. The fourth-order valence-corrected chi connectivity index (χ4v) is 4.22. The van der Waals surface area contributed by atoms with E-state index in [2.05, 4.69) is 0 Å². The maximum absolute atomic E-state index is 14.6. The number of ether oxygens (including phenoxy) is 3. The molecule has 1 saturated heterocycles. The molecule has 152 valence electrons. The van der Waals surface area contributed by atoms with Crippen LogP contribution in [-0.4, -0.2) is 31.2 Å². The van der Waals surface area contributed by atoms with E-state index in [4.69, 9.17) is 19.9 Å². The number of allylic oxidation sites excluding steroid dienone is 1. The average Bonchev–Trinajstić information content (AvgIpc) is 3.07. The lowest BCUT2D eigenvalue weighted by Crippen LogP contribution is -2.45. The zero-order valence-corrected chi connectivity index (χ0v) is 16.4. The first kappa shape index (κ1) is 20.3. The van der Waals surface area contributed by atoms with Gasteiger partial charge in [0.2, 0.25) is 0 Å². The van der Waals surface area contributed by atoms with Crippen LogP contribution < -0.4 is 10.5 Å². The Balaban J connectivity index is 1.93. The van der Waals surface area contributed by atoms with Gasteiger partial charge in [0.25, 0.3) is 5.91 Å². The van der Waals surface area contributed by atoms with Gasteiger partial charge in [0.05, 0.1) is 12.7 Å². The average molecular weight is 391 g/mol. The van der Waals surface area contributed by atoms with Crippen LogP contribution in [0.25, 0.3) is 0 Å². The normalized spacial score (nSPS) is 24.9. The Morgan fingerprint density at radius 2 is 2.21 bits per heavy atom. The molecule has 2 N–H and O–H groups in total. The number of rotatable bonds is 7. The van der Waals surface area contributed by atoms with Crippen LogP contribution in [-0.2, 0) is 20.7 Å². The molecule has 0 bridgehead atoms. The van der Waals surface area contributed by atoms with Gasteiger partial charge in [0.1, 0.15) is 22.9 Å². The van der Waals surface area contributed by atoms with E-state index >= 15 is 0 Å². The molecule has 6 nitrogen and oxygen atoms in total. The molecular weight excluding hydrogens is 365 g/mol. The van der Waals surface area contributed by atoms with E-state index in [-0.39, 0.29) is 35.7 Å². The maximum Gasteiger partial charge on any atom is 0.252 e. The van der Waals surface area contributed by atoms with E-state index in [0.29, 0.717) is 24.2 Å². The zero-order valence-electron chi connectivity index (χ0n) is 16.4. The van der Waals surface area contributed by atoms with Crippen LogP contribution in [0.5, 0.6) is 5.75 Å². The number of carbonyl (C=O) groups excluding carboxylic acids is 2. The summed E-state index contributed by atoms with van der Waals surface area (Å²) in [5.74, 6) is -0.815. The Morgan fingerprint density at radius 3 is 2.86 bits per heavy atom. The predicted molar refractivity (Wildman–Crippen MR) is 100 cm³/mol. The second-order valence-corrected chi connectivity index (χ2v) is 7.51. The van der Waals surface area contributed by atoms with Crippen molar-refractivity contribution >= 4 is 11.7 Å². The molecule has 0 aromatic heterocycles. The summed E-state index contributed by atoms with van der Waals surface area (Å²) in [6, 6.07) is 2.60. The monoisotopic (exact) mass is 391 g/mol. The third-order valence-corrected chi connectivity index (χ3v) is 5.77. The van der Waals surface area contributed by atoms with Gasteiger partial charge < -0.3 is 19.9 Å². The van der Waals surface area contributed by atoms with Gasteiger partial charge in [0, 0.05) is 18.1 Å². The van der Waals surface area contributed by atoms with Crippen molar-refractivity contribution in [3.05, 3.63) is 40.9 Å². The minimum absolute atomic E-state index is 0.0526. The SMILES string of the molecule is CCCC1C[C@]2(C(C)Cc3cc(C(N)=O)c(OC)cc3F)OCOC2=CC1=O. The van der Waals surface area contributed by atoms with Crippen molar-refractivity contribution in [1.29, 1.82) is 0 Å². The number of halogens is 1. The number of fused-ring (bicyclic) bond motifs is 1. The molecule has 2 unspecified atom stereocenters. The maximum atomic E-state index is 14.6. The van der Waals surface area contributed by atoms with Gasteiger partial charge >= 0.3 is 0 Å². The second-order valence-electron chi connectivity index (χ2n) is 7.51. The molecule has 1 aliphatic heterocycles. The first-order chi connectivity index (χ1) is 13.3. The Morgan fingerprint density at radius 1 is 1.46 bits per heavy atom. The topological polar surface area (TPSA) is 87.9 Å². The van der Waals surface area contributed by atoms with Crippen LogP contribution in [0.3, 0.4) is 0 Å². The molecule has 0 saturated carbocycles. The summed E-state index contributed by atoms with van der Waals surface area (Å²) in [5.41, 5.74) is 5.10. The largest absolute Gasteiger partial charge is 0.496 e. The van der Waals surface area contributed by atoms with Gasteiger partial charge in [-0.1, -0.05) is 20.3 Å². The summed E-state index contributed by atoms with van der Waals surface area (Å²) < 4.78 is 31.2. The Labute approximate surface area is 163 Å². The fraction of sp³-hybridized carbons (Fsp3) is 0.524. The number of benzene rings is 1. The molecule has 0 radical (unpaired) electrons. The van der Waals surface area contributed by atoms with Gasteiger partial charge in [-0.3, -0.25) is 9.59 Å². The number of hydrogen-bond donors (Lipinski definition) is 1. The van der Waals surface area contributed by atoms with E-state index in [0.717, 1.165) is 12.8 Å². The highest BCUT2D eigenvalue weighted by atomic mass is 19.1. The third-order valence-electron chi connectivity index (χ3n) is 5.77. The highest BCUT2D eigenvalue weighted by Gasteiger charge is 2.51. The molecule has 1 aliphatic carbocycles. The minimum atomic E-state index is -0.771. The molecule has 3 atom stereocenters. The molecule has 28 heavy (non-hydrogen) atoms. The first-order valence-electron chi connectivity index (χ1n) is 9.51. The van der Waals surface area contributed by atoms with Crippen molar-refractivity contribution in [1.82, 2.24) is 0 Å². The molecule has 7 heteroatoms. The number of ketones is 1. The van der Waals surface area contributed by atoms with Crippen LogP contribution in [0.15, 0.2) is 24.0 Å². The van der Waals surface area contributed by atoms with Gasteiger partial charge in [-0.15, -0.1) is 0 Å². The zero-order chi connectivity index (χ0) is 20.5. The van der Waals surface area contributed by atoms with Crippen LogP contribution in [0.4, 0.5) is 4.39 Å². The van der Waals surface area contributed by atoms with Crippen LogP contribution in [0.2, 0.25) is 0 Å². The molecule has 2 aliphatic rings. The fourth-order valence-electron chi connectivity index (χ4n) is 4.22. The van der Waals surface area contributed by atoms with Crippen molar-refractivity contribution in [3.63, 3.8) is 0 Å².